The lowest BCUT2D eigenvalue weighted by molar-refractivity contribution is -0.116. The van der Waals surface area contributed by atoms with E-state index in [0.717, 1.165) is 22.8 Å². The number of benzene rings is 1. The number of carbonyl (C=O) groups is 1. The molecule has 1 aromatic carbocycles. The smallest absolute Gasteiger partial charge is 0.227 e. The summed E-state index contributed by atoms with van der Waals surface area (Å²) in [6.07, 6.45) is 0.300. The summed E-state index contributed by atoms with van der Waals surface area (Å²) in [4.78, 5) is 22.6. The largest absolute Gasteiger partial charge is 0.497 e. The van der Waals surface area contributed by atoms with Crippen LogP contribution in [-0.2, 0) is 11.3 Å². The Balaban J connectivity index is 0.00000450. The highest BCUT2D eigenvalue weighted by Gasteiger charge is 2.12. The molecule has 0 aliphatic heterocycles. The lowest BCUT2D eigenvalue weighted by atomic mass is 10.2. The Labute approximate surface area is 195 Å². The molecule has 2 rings (SSSR count). The Bertz CT molecular complexity index is 860. The number of carbonyl (C=O) groups excluding carboxylic acids is 1. The molecule has 2 N–H and O–H groups in total. The van der Waals surface area contributed by atoms with Gasteiger partial charge < -0.3 is 25.0 Å². The fourth-order valence-electron chi connectivity index (χ4n) is 2.80. The summed E-state index contributed by atoms with van der Waals surface area (Å²) < 4.78 is 10.7. The molecule has 0 radical (unpaired) electrons. The van der Waals surface area contributed by atoms with Crippen LogP contribution in [0.3, 0.4) is 0 Å². The van der Waals surface area contributed by atoms with Crippen molar-refractivity contribution >= 4 is 41.7 Å². The third-order valence-electron chi connectivity index (χ3n) is 4.27. The lowest BCUT2D eigenvalue weighted by Gasteiger charge is -2.23. The van der Waals surface area contributed by atoms with E-state index in [1.54, 1.807) is 27.3 Å². The highest BCUT2D eigenvalue weighted by molar-refractivity contribution is 14.0. The molecule has 1 amide bonds. The van der Waals surface area contributed by atoms with Crippen LogP contribution in [0.2, 0.25) is 0 Å². The standard InChI is InChI=1S/C21H29N5O3.HI/c1-15-7-6-8-19(24-15)25-20(27)11-12-23-21(22-2)26(3)14-16-9-10-17(28-4)13-18(16)29-5;/h6-10,13H,11-12,14H2,1-5H3,(H,22,23)(H,24,25,27);1H. The number of aliphatic imine (C=N–C) groups is 1. The zero-order valence-electron chi connectivity index (χ0n) is 18.1. The summed E-state index contributed by atoms with van der Waals surface area (Å²) >= 11 is 0. The van der Waals surface area contributed by atoms with Crippen LogP contribution in [0.1, 0.15) is 17.7 Å². The fourth-order valence-corrected chi connectivity index (χ4v) is 2.80. The van der Waals surface area contributed by atoms with Gasteiger partial charge in [-0.15, -0.1) is 24.0 Å². The number of ether oxygens (including phenoxy) is 2. The van der Waals surface area contributed by atoms with Crippen LogP contribution in [0, 0.1) is 6.92 Å². The van der Waals surface area contributed by atoms with Crippen molar-refractivity contribution in [2.24, 2.45) is 4.99 Å². The average molecular weight is 527 g/mol. The molecule has 1 heterocycles. The summed E-state index contributed by atoms with van der Waals surface area (Å²) in [6, 6.07) is 11.2. The van der Waals surface area contributed by atoms with Gasteiger partial charge in [0, 0.05) is 50.9 Å². The zero-order chi connectivity index (χ0) is 21.2. The molecular formula is C21H30IN5O3. The van der Waals surface area contributed by atoms with Crippen molar-refractivity contribution in [1.82, 2.24) is 15.2 Å². The van der Waals surface area contributed by atoms with E-state index in [2.05, 4.69) is 20.6 Å². The number of nitrogens with one attached hydrogen (secondary N) is 2. The number of aromatic nitrogens is 1. The van der Waals surface area contributed by atoms with Gasteiger partial charge in [0.2, 0.25) is 5.91 Å². The van der Waals surface area contributed by atoms with Crippen LogP contribution < -0.4 is 20.1 Å². The minimum absolute atomic E-state index is 0. The van der Waals surface area contributed by atoms with Crippen LogP contribution >= 0.6 is 24.0 Å². The molecule has 0 saturated heterocycles. The second-order valence-electron chi connectivity index (χ2n) is 6.47. The maximum absolute atomic E-state index is 12.1. The second-order valence-corrected chi connectivity index (χ2v) is 6.47. The first kappa shape index (κ1) is 25.5. The third-order valence-corrected chi connectivity index (χ3v) is 4.27. The minimum Gasteiger partial charge on any atom is -0.497 e. The predicted molar refractivity (Wildman–Crippen MR) is 130 cm³/mol. The van der Waals surface area contributed by atoms with Gasteiger partial charge in [0.15, 0.2) is 5.96 Å². The molecular weight excluding hydrogens is 497 g/mol. The first-order valence-corrected chi connectivity index (χ1v) is 9.33. The Morgan fingerprint density at radius 2 is 1.97 bits per heavy atom. The molecule has 164 valence electrons. The summed E-state index contributed by atoms with van der Waals surface area (Å²) in [5.74, 6) is 2.62. The van der Waals surface area contributed by atoms with Gasteiger partial charge >= 0.3 is 0 Å². The minimum atomic E-state index is -0.106. The van der Waals surface area contributed by atoms with E-state index in [1.807, 2.05) is 49.2 Å². The van der Waals surface area contributed by atoms with Gasteiger partial charge in [-0.05, 0) is 31.2 Å². The molecule has 2 aromatic rings. The van der Waals surface area contributed by atoms with Gasteiger partial charge in [-0.2, -0.15) is 0 Å². The fraction of sp³-hybridized carbons (Fsp3) is 0.381. The maximum Gasteiger partial charge on any atom is 0.227 e. The normalized spacial score (nSPS) is 10.6. The average Bonchev–Trinajstić information content (AvgIpc) is 2.71. The zero-order valence-corrected chi connectivity index (χ0v) is 20.4. The van der Waals surface area contributed by atoms with Crippen molar-refractivity contribution < 1.29 is 14.3 Å². The number of hydrogen-bond donors (Lipinski definition) is 2. The number of halogens is 1. The quantitative estimate of drug-likeness (QED) is 0.312. The molecule has 9 heteroatoms. The van der Waals surface area contributed by atoms with Crippen molar-refractivity contribution in [2.45, 2.75) is 19.9 Å². The highest BCUT2D eigenvalue weighted by Crippen LogP contribution is 2.25. The van der Waals surface area contributed by atoms with Crippen LogP contribution in [0.4, 0.5) is 5.82 Å². The van der Waals surface area contributed by atoms with Crippen LogP contribution in [0.25, 0.3) is 0 Å². The molecule has 0 aliphatic rings. The summed E-state index contributed by atoms with van der Waals surface area (Å²) in [5.41, 5.74) is 1.86. The number of aryl methyl sites for hydroxylation is 1. The number of anilines is 1. The van der Waals surface area contributed by atoms with E-state index < -0.39 is 0 Å². The molecule has 0 saturated carbocycles. The van der Waals surface area contributed by atoms with Crippen LogP contribution in [0.15, 0.2) is 41.4 Å². The number of hydrogen-bond acceptors (Lipinski definition) is 5. The Kier molecular flexibility index (Phi) is 10.9. The molecule has 0 aliphatic carbocycles. The Hall–Kier alpha value is -2.56. The second kappa shape index (κ2) is 12.9. The molecule has 0 spiro atoms. The van der Waals surface area contributed by atoms with Gasteiger partial charge in [-0.25, -0.2) is 4.98 Å². The monoisotopic (exact) mass is 527 g/mol. The van der Waals surface area contributed by atoms with Crippen molar-refractivity contribution in [1.29, 1.82) is 0 Å². The first-order valence-electron chi connectivity index (χ1n) is 9.33. The molecule has 8 nitrogen and oxygen atoms in total. The van der Waals surface area contributed by atoms with Crippen LogP contribution in [0.5, 0.6) is 11.5 Å². The van der Waals surface area contributed by atoms with E-state index in [1.165, 1.54) is 0 Å². The van der Waals surface area contributed by atoms with E-state index in [9.17, 15) is 4.79 Å². The molecule has 30 heavy (non-hydrogen) atoms. The van der Waals surface area contributed by atoms with E-state index in [-0.39, 0.29) is 29.9 Å². The Morgan fingerprint density at radius 3 is 2.60 bits per heavy atom. The van der Waals surface area contributed by atoms with E-state index >= 15 is 0 Å². The van der Waals surface area contributed by atoms with Gasteiger partial charge in [-0.1, -0.05) is 6.07 Å². The third kappa shape index (κ3) is 7.69. The number of guanidine groups is 1. The highest BCUT2D eigenvalue weighted by atomic mass is 127. The number of rotatable bonds is 8. The van der Waals surface area contributed by atoms with Crippen molar-refractivity contribution in [3.63, 3.8) is 0 Å². The Morgan fingerprint density at radius 1 is 1.20 bits per heavy atom. The molecule has 0 atom stereocenters. The topological polar surface area (TPSA) is 88.1 Å². The van der Waals surface area contributed by atoms with Gasteiger partial charge in [0.25, 0.3) is 0 Å². The summed E-state index contributed by atoms with van der Waals surface area (Å²) in [6.45, 7) is 2.93. The van der Waals surface area contributed by atoms with Gasteiger partial charge in [0.1, 0.15) is 17.3 Å². The van der Waals surface area contributed by atoms with Gasteiger partial charge in [-0.3, -0.25) is 9.79 Å². The SMILES string of the molecule is CN=C(NCCC(=O)Nc1cccc(C)n1)N(C)Cc1ccc(OC)cc1OC.I. The predicted octanol–water partition coefficient (Wildman–Crippen LogP) is 3.06. The van der Waals surface area contributed by atoms with Crippen LogP contribution in [-0.4, -0.2) is 56.6 Å². The first-order chi connectivity index (χ1) is 14.0. The number of methoxy groups -OCH3 is 2. The number of nitrogens with zero attached hydrogens (tertiary/aromatic N) is 3. The van der Waals surface area contributed by atoms with Crippen molar-refractivity contribution in [3.05, 3.63) is 47.7 Å². The van der Waals surface area contributed by atoms with E-state index in [4.69, 9.17) is 9.47 Å². The molecule has 0 fully saturated rings. The summed E-state index contributed by atoms with van der Waals surface area (Å²) in [5, 5.41) is 6.00. The number of pyridine rings is 1. The molecule has 0 bridgehead atoms. The molecule has 1 aromatic heterocycles. The van der Waals surface area contributed by atoms with E-state index in [0.29, 0.717) is 31.3 Å². The van der Waals surface area contributed by atoms with Crippen molar-refractivity contribution in [2.75, 3.05) is 40.2 Å². The lowest BCUT2D eigenvalue weighted by Crippen LogP contribution is -2.39. The number of amides is 1. The molecule has 0 unspecified atom stereocenters. The van der Waals surface area contributed by atoms with Gasteiger partial charge in [0.05, 0.1) is 14.2 Å². The summed E-state index contributed by atoms with van der Waals surface area (Å²) in [7, 11) is 6.89. The maximum atomic E-state index is 12.1. The van der Waals surface area contributed by atoms with Crippen molar-refractivity contribution in [3.8, 4) is 11.5 Å².